The fraction of sp³-hybridized carbons (Fsp3) is 0.917. The number of rotatable bonds is 7. The summed E-state index contributed by atoms with van der Waals surface area (Å²) in [5.41, 5.74) is 5.50. The molecule has 88 valence electrons. The highest BCUT2D eigenvalue weighted by Crippen LogP contribution is 2.17. The molecule has 1 saturated heterocycles. The van der Waals surface area contributed by atoms with Crippen LogP contribution in [0.5, 0.6) is 0 Å². The first-order chi connectivity index (χ1) is 7.22. The van der Waals surface area contributed by atoms with Crippen LogP contribution in [0.2, 0.25) is 0 Å². The van der Waals surface area contributed by atoms with Crippen LogP contribution in [-0.4, -0.2) is 25.0 Å². The molecular weight excluding hydrogens is 190 g/mol. The van der Waals surface area contributed by atoms with Crippen LogP contribution in [0.1, 0.15) is 45.4 Å². The van der Waals surface area contributed by atoms with Crippen molar-refractivity contribution >= 4 is 5.78 Å². The second-order valence-electron chi connectivity index (χ2n) is 4.59. The van der Waals surface area contributed by atoms with E-state index in [0.717, 1.165) is 32.3 Å². The van der Waals surface area contributed by atoms with Crippen molar-refractivity contribution in [3.8, 4) is 0 Å². The molecule has 2 unspecified atom stereocenters. The molecule has 0 aliphatic carbocycles. The Kier molecular flexibility index (Phi) is 5.88. The molecule has 1 aliphatic heterocycles. The van der Waals surface area contributed by atoms with Gasteiger partial charge < -0.3 is 10.5 Å². The summed E-state index contributed by atoms with van der Waals surface area (Å²) in [6, 6.07) is 0. The molecule has 1 heterocycles. The van der Waals surface area contributed by atoms with E-state index in [-0.39, 0.29) is 0 Å². The Morgan fingerprint density at radius 3 is 2.93 bits per heavy atom. The zero-order valence-corrected chi connectivity index (χ0v) is 9.71. The van der Waals surface area contributed by atoms with Crippen LogP contribution >= 0.6 is 0 Å². The molecule has 3 nitrogen and oxygen atoms in total. The average Bonchev–Trinajstić information content (AvgIpc) is 2.75. The van der Waals surface area contributed by atoms with E-state index in [9.17, 15) is 4.79 Å². The molecule has 0 radical (unpaired) electrons. The summed E-state index contributed by atoms with van der Waals surface area (Å²) < 4.78 is 5.48. The predicted molar refractivity (Wildman–Crippen MR) is 60.7 cm³/mol. The largest absolute Gasteiger partial charge is 0.378 e. The summed E-state index contributed by atoms with van der Waals surface area (Å²) in [5.74, 6) is 0.836. The summed E-state index contributed by atoms with van der Waals surface area (Å²) in [5, 5.41) is 0. The molecule has 0 aromatic carbocycles. The number of carbonyl (C=O) groups excluding carboxylic acids is 1. The van der Waals surface area contributed by atoms with Gasteiger partial charge in [0.1, 0.15) is 5.78 Å². The monoisotopic (exact) mass is 213 g/mol. The Morgan fingerprint density at radius 2 is 2.33 bits per heavy atom. The smallest absolute Gasteiger partial charge is 0.133 e. The Balaban J connectivity index is 2.02. The fourth-order valence-corrected chi connectivity index (χ4v) is 1.84. The van der Waals surface area contributed by atoms with E-state index < -0.39 is 0 Å². The Labute approximate surface area is 92.4 Å². The number of ether oxygens (including phenoxy) is 1. The molecule has 0 aromatic rings. The van der Waals surface area contributed by atoms with Crippen LogP contribution < -0.4 is 5.73 Å². The predicted octanol–water partition coefficient (Wildman–Crippen LogP) is 1.89. The number of ketones is 1. The highest BCUT2D eigenvalue weighted by Gasteiger charge is 2.16. The number of hydrogen-bond donors (Lipinski definition) is 1. The second-order valence-corrected chi connectivity index (χ2v) is 4.59. The lowest BCUT2D eigenvalue weighted by Gasteiger charge is -2.09. The minimum Gasteiger partial charge on any atom is -0.378 e. The summed E-state index contributed by atoms with van der Waals surface area (Å²) in [6.07, 6.45) is 5.85. The summed E-state index contributed by atoms with van der Waals surface area (Å²) in [4.78, 5) is 11.5. The van der Waals surface area contributed by atoms with E-state index in [1.165, 1.54) is 0 Å². The molecule has 1 aliphatic rings. The van der Waals surface area contributed by atoms with Crippen LogP contribution in [0.25, 0.3) is 0 Å². The van der Waals surface area contributed by atoms with Gasteiger partial charge in [-0.2, -0.15) is 0 Å². The highest BCUT2D eigenvalue weighted by atomic mass is 16.5. The number of Topliss-reactive ketones (excluding diaryl/α,β-unsaturated/α-hetero) is 1. The van der Waals surface area contributed by atoms with Crippen molar-refractivity contribution in [2.75, 3.05) is 13.2 Å². The summed E-state index contributed by atoms with van der Waals surface area (Å²) in [6.45, 7) is 3.65. The Morgan fingerprint density at radius 1 is 1.53 bits per heavy atom. The van der Waals surface area contributed by atoms with E-state index in [2.05, 4.69) is 6.92 Å². The van der Waals surface area contributed by atoms with Gasteiger partial charge >= 0.3 is 0 Å². The lowest BCUT2D eigenvalue weighted by molar-refractivity contribution is -0.119. The molecule has 0 bridgehead atoms. The van der Waals surface area contributed by atoms with E-state index in [1.54, 1.807) is 0 Å². The summed E-state index contributed by atoms with van der Waals surface area (Å²) in [7, 11) is 0. The molecule has 0 aromatic heterocycles. The quantitative estimate of drug-likeness (QED) is 0.702. The van der Waals surface area contributed by atoms with Crippen molar-refractivity contribution in [1.82, 2.24) is 0 Å². The van der Waals surface area contributed by atoms with E-state index in [0.29, 0.717) is 37.2 Å². The van der Waals surface area contributed by atoms with Crippen LogP contribution in [0.3, 0.4) is 0 Å². The van der Waals surface area contributed by atoms with Crippen molar-refractivity contribution < 1.29 is 9.53 Å². The first-order valence-corrected chi connectivity index (χ1v) is 6.05. The van der Waals surface area contributed by atoms with Gasteiger partial charge in [0.05, 0.1) is 6.10 Å². The minimum absolute atomic E-state index is 0.348. The topological polar surface area (TPSA) is 52.3 Å². The summed E-state index contributed by atoms with van der Waals surface area (Å²) >= 11 is 0. The third-order valence-corrected chi connectivity index (χ3v) is 3.09. The maximum atomic E-state index is 11.5. The SMILES string of the molecule is CC(CN)CCC(=O)CCC1CCCO1. The number of carbonyl (C=O) groups is 1. The van der Waals surface area contributed by atoms with Crippen molar-refractivity contribution in [2.24, 2.45) is 11.7 Å². The first kappa shape index (κ1) is 12.7. The molecule has 1 rings (SSSR count). The van der Waals surface area contributed by atoms with Crippen LogP contribution in [0.15, 0.2) is 0 Å². The van der Waals surface area contributed by atoms with Gasteiger partial charge in [-0.1, -0.05) is 6.92 Å². The molecule has 15 heavy (non-hydrogen) atoms. The zero-order valence-electron chi connectivity index (χ0n) is 9.71. The Bertz CT molecular complexity index is 188. The van der Waals surface area contributed by atoms with Gasteiger partial charge in [-0.15, -0.1) is 0 Å². The van der Waals surface area contributed by atoms with Gasteiger partial charge in [0, 0.05) is 19.4 Å². The molecule has 2 N–H and O–H groups in total. The van der Waals surface area contributed by atoms with Gasteiger partial charge in [-0.05, 0) is 38.1 Å². The van der Waals surface area contributed by atoms with Crippen molar-refractivity contribution in [1.29, 1.82) is 0 Å². The van der Waals surface area contributed by atoms with Crippen molar-refractivity contribution in [2.45, 2.75) is 51.6 Å². The fourth-order valence-electron chi connectivity index (χ4n) is 1.84. The lowest BCUT2D eigenvalue weighted by Crippen LogP contribution is -2.13. The van der Waals surface area contributed by atoms with Gasteiger partial charge in [-0.3, -0.25) is 4.79 Å². The molecule has 1 fully saturated rings. The average molecular weight is 213 g/mol. The van der Waals surface area contributed by atoms with Crippen LogP contribution in [0.4, 0.5) is 0 Å². The van der Waals surface area contributed by atoms with Gasteiger partial charge in [0.2, 0.25) is 0 Å². The number of nitrogens with two attached hydrogens (primary N) is 1. The van der Waals surface area contributed by atoms with Gasteiger partial charge in [0.15, 0.2) is 0 Å². The van der Waals surface area contributed by atoms with E-state index in [4.69, 9.17) is 10.5 Å². The minimum atomic E-state index is 0.348. The van der Waals surface area contributed by atoms with Gasteiger partial charge in [0.25, 0.3) is 0 Å². The van der Waals surface area contributed by atoms with Crippen molar-refractivity contribution in [3.63, 3.8) is 0 Å². The molecule has 0 amide bonds. The molecule has 0 spiro atoms. The third kappa shape index (κ3) is 5.28. The molecular formula is C12H23NO2. The van der Waals surface area contributed by atoms with E-state index >= 15 is 0 Å². The Hall–Kier alpha value is -0.410. The zero-order chi connectivity index (χ0) is 11.1. The molecule has 0 saturated carbocycles. The molecule has 3 heteroatoms. The van der Waals surface area contributed by atoms with Gasteiger partial charge in [-0.25, -0.2) is 0 Å². The molecule has 2 atom stereocenters. The number of hydrogen-bond acceptors (Lipinski definition) is 3. The standard InChI is InChI=1S/C12H23NO2/c1-10(9-13)4-5-11(14)6-7-12-3-2-8-15-12/h10,12H,2-9,13H2,1H3. The van der Waals surface area contributed by atoms with E-state index in [1.807, 2.05) is 0 Å². The lowest BCUT2D eigenvalue weighted by atomic mass is 10.0. The van der Waals surface area contributed by atoms with Crippen LogP contribution in [-0.2, 0) is 9.53 Å². The maximum Gasteiger partial charge on any atom is 0.133 e. The highest BCUT2D eigenvalue weighted by molar-refractivity contribution is 5.78. The second kappa shape index (κ2) is 6.96. The maximum absolute atomic E-state index is 11.5. The van der Waals surface area contributed by atoms with Crippen LogP contribution in [0, 0.1) is 5.92 Å². The van der Waals surface area contributed by atoms with Crippen molar-refractivity contribution in [3.05, 3.63) is 0 Å². The first-order valence-electron chi connectivity index (χ1n) is 6.05. The normalized spacial score (nSPS) is 22.9. The third-order valence-electron chi connectivity index (χ3n) is 3.09.